The van der Waals surface area contributed by atoms with E-state index in [0.29, 0.717) is 22.6 Å². The van der Waals surface area contributed by atoms with Gasteiger partial charge in [-0.15, -0.1) is 0 Å². The normalized spacial score (nSPS) is 10.6. The molecule has 2 aromatic rings. The minimum atomic E-state index is -0.512. The third-order valence-corrected chi connectivity index (χ3v) is 4.14. The van der Waals surface area contributed by atoms with Crippen LogP contribution in [-0.4, -0.2) is 26.0 Å². The molecule has 0 radical (unpaired) electrons. The smallest absolute Gasteiger partial charge is 0.331 e. The summed E-state index contributed by atoms with van der Waals surface area (Å²) in [7, 11) is 3.08. The van der Waals surface area contributed by atoms with E-state index in [9.17, 15) is 9.59 Å². The van der Waals surface area contributed by atoms with Gasteiger partial charge in [-0.2, -0.15) is 0 Å². The molecule has 0 aromatic heterocycles. The molecule has 0 atom stereocenters. The fourth-order valence-electron chi connectivity index (χ4n) is 2.30. The molecule has 0 aliphatic heterocycles. The van der Waals surface area contributed by atoms with E-state index >= 15 is 0 Å². The number of Topliss-reactive ketones (excluding diaryl/α,β-unsaturated/α-hetero) is 1. The minimum absolute atomic E-state index is 0.00306. The first-order valence-electron chi connectivity index (χ1n) is 7.81. The molecule has 2 aromatic carbocycles. The van der Waals surface area contributed by atoms with Gasteiger partial charge in [-0.3, -0.25) is 4.79 Å². The van der Waals surface area contributed by atoms with Crippen molar-refractivity contribution in [3.05, 3.63) is 63.6 Å². The monoisotopic (exact) mass is 418 g/mol. The number of carbonyl (C=O) groups is 2. The Hall–Kier alpha value is -2.60. The molecule has 136 valence electrons. The molecule has 0 spiro atoms. The summed E-state index contributed by atoms with van der Waals surface area (Å²) in [6, 6.07) is 10.5. The maximum absolute atomic E-state index is 12.0. The topological polar surface area (TPSA) is 61.8 Å². The van der Waals surface area contributed by atoms with Crippen LogP contribution in [0.3, 0.4) is 0 Å². The van der Waals surface area contributed by atoms with Crippen molar-refractivity contribution in [2.24, 2.45) is 0 Å². The number of carbonyl (C=O) groups excluding carboxylic acids is 2. The van der Waals surface area contributed by atoms with E-state index in [4.69, 9.17) is 14.2 Å². The first-order valence-corrected chi connectivity index (χ1v) is 8.60. The summed E-state index contributed by atoms with van der Waals surface area (Å²) in [5, 5.41) is 0. The van der Waals surface area contributed by atoms with Crippen molar-refractivity contribution in [2.45, 2.75) is 13.5 Å². The van der Waals surface area contributed by atoms with Crippen LogP contribution in [0.25, 0.3) is 6.08 Å². The first-order chi connectivity index (χ1) is 12.4. The van der Waals surface area contributed by atoms with Crippen LogP contribution in [0, 0.1) is 0 Å². The van der Waals surface area contributed by atoms with Crippen LogP contribution in [0.4, 0.5) is 0 Å². The van der Waals surface area contributed by atoms with Crippen molar-refractivity contribution in [1.82, 2.24) is 0 Å². The first kappa shape index (κ1) is 19.7. The molecule has 26 heavy (non-hydrogen) atoms. The van der Waals surface area contributed by atoms with Crippen molar-refractivity contribution >= 4 is 33.8 Å². The molecule has 2 rings (SSSR count). The van der Waals surface area contributed by atoms with Gasteiger partial charge in [0.05, 0.1) is 14.2 Å². The quantitative estimate of drug-likeness (QED) is 0.378. The highest BCUT2D eigenvalue weighted by molar-refractivity contribution is 9.10. The number of esters is 1. The number of hydrogen-bond acceptors (Lipinski definition) is 5. The van der Waals surface area contributed by atoms with Crippen molar-refractivity contribution in [3.63, 3.8) is 0 Å². The van der Waals surface area contributed by atoms with E-state index in [0.717, 1.165) is 10.0 Å². The third-order valence-electron chi connectivity index (χ3n) is 3.65. The molecule has 0 heterocycles. The standard InChI is InChI=1S/C20H19BrO5/c1-13(22)14-4-7-19(25-3)16(10-14)12-26-20(23)9-5-15-11-17(21)6-8-18(15)24-2/h4-11H,12H2,1-3H3/b9-5+. The Morgan fingerprint density at radius 3 is 2.38 bits per heavy atom. The summed E-state index contributed by atoms with van der Waals surface area (Å²) in [5.74, 6) is 0.623. The van der Waals surface area contributed by atoms with E-state index in [2.05, 4.69) is 15.9 Å². The zero-order valence-corrected chi connectivity index (χ0v) is 16.3. The zero-order chi connectivity index (χ0) is 19.1. The van der Waals surface area contributed by atoms with E-state index in [1.54, 1.807) is 37.5 Å². The van der Waals surface area contributed by atoms with Gasteiger partial charge in [-0.25, -0.2) is 4.79 Å². The lowest BCUT2D eigenvalue weighted by Crippen LogP contribution is -2.04. The Morgan fingerprint density at radius 2 is 1.73 bits per heavy atom. The van der Waals surface area contributed by atoms with Crippen LogP contribution in [0.15, 0.2) is 46.9 Å². The molecule has 0 aliphatic carbocycles. The van der Waals surface area contributed by atoms with Gasteiger partial charge in [0.15, 0.2) is 5.78 Å². The van der Waals surface area contributed by atoms with Crippen LogP contribution in [0.1, 0.15) is 28.4 Å². The lowest BCUT2D eigenvalue weighted by atomic mass is 10.1. The van der Waals surface area contributed by atoms with Gasteiger partial charge in [0.1, 0.15) is 18.1 Å². The van der Waals surface area contributed by atoms with Gasteiger partial charge in [0.2, 0.25) is 0 Å². The Morgan fingerprint density at radius 1 is 1.04 bits per heavy atom. The average Bonchev–Trinajstić information content (AvgIpc) is 2.64. The van der Waals surface area contributed by atoms with E-state index < -0.39 is 5.97 Å². The molecule has 0 N–H and O–H groups in total. The van der Waals surface area contributed by atoms with Crippen LogP contribution in [-0.2, 0) is 16.1 Å². The predicted octanol–water partition coefficient (Wildman–Crippen LogP) is 4.43. The molecule has 6 heteroatoms. The number of benzene rings is 2. The minimum Gasteiger partial charge on any atom is -0.496 e. The number of ether oxygens (including phenoxy) is 3. The molecular formula is C20H19BrO5. The molecule has 0 unspecified atom stereocenters. The fraction of sp³-hybridized carbons (Fsp3) is 0.200. The van der Waals surface area contributed by atoms with Crippen molar-refractivity contribution in [3.8, 4) is 11.5 Å². The zero-order valence-electron chi connectivity index (χ0n) is 14.7. The van der Waals surface area contributed by atoms with Crippen molar-refractivity contribution in [2.75, 3.05) is 14.2 Å². The molecule has 0 saturated heterocycles. The Balaban J connectivity index is 2.08. The van der Waals surface area contributed by atoms with Crippen molar-refractivity contribution < 1.29 is 23.8 Å². The highest BCUT2D eigenvalue weighted by Crippen LogP contribution is 2.24. The summed E-state index contributed by atoms with van der Waals surface area (Å²) in [5.41, 5.74) is 1.91. The average molecular weight is 419 g/mol. The Labute approximate surface area is 160 Å². The van der Waals surface area contributed by atoms with E-state index in [1.807, 2.05) is 12.1 Å². The summed E-state index contributed by atoms with van der Waals surface area (Å²) in [4.78, 5) is 23.5. The summed E-state index contributed by atoms with van der Waals surface area (Å²) >= 11 is 3.38. The van der Waals surface area contributed by atoms with Crippen LogP contribution in [0.2, 0.25) is 0 Å². The second kappa shape index (κ2) is 9.20. The second-order valence-corrected chi connectivity index (χ2v) is 6.33. The fourth-order valence-corrected chi connectivity index (χ4v) is 2.68. The second-order valence-electron chi connectivity index (χ2n) is 5.41. The highest BCUT2D eigenvalue weighted by Gasteiger charge is 2.09. The predicted molar refractivity (Wildman–Crippen MR) is 103 cm³/mol. The lowest BCUT2D eigenvalue weighted by Gasteiger charge is -2.10. The number of ketones is 1. The molecule has 0 aliphatic rings. The number of rotatable bonds is 7. The molecule has 0 saturated carbocycles. The summed E-state index contributed by atoms with van der Waals surface area (Å²) in [6.45, 7) is 1.48. The number of methoxy groups -OCH3 is 2. The molecular weight excluding hydrogens is 400 g/mol. The van der Waals surface area contributed by atoms with Gasteiger partial charge in [0.25, 0.3) is 0 Å². The maximum atomic E-state index is 12.0. The SMILES string of the molecule is COc1ccc(Br)cc1/C=C/C(=O)OCc1cc(C(C)=O)ccc1OC. The van der Waals surface area contributed by atoms with Gasteiger partial charge < -0.3 is 14.2 Å². The van der Waals surface area contributed by atoms with Crippen LogP contribution >= 0.6 is 15.9 Å². The molecule has 0 amide bonds. The van der Waals surface area contributed by atoms with Gasteiger partial charge >= 0.3 is 5.97 Å². The van der Waals surface area contributed by atoms with Crippen LogP contribution in [0.5, 0.6) is 11.5 Å². The largest absolute Gasteiger partial charge is 0.496 e. The Kier molecular flexibility index (Phi) is 6.97. The van der Waals surface area contributed by atoms with E-state index in [1.165, 1.54) is 20.1 Å². The Bertz CT molecular complexity index is 842. The molecule has 0 fully saturated rings. The summed E-state index contributed by atoms with van der Waals surface area (Å²) < 4.78 is 16.6. The third kappa shape index (κ3) is 5.20. The summed E-state index contributed by atoms with van der Waals surface area (Å²) in [6.07, 6.45) is 2.95. The number of halogens is 1. The molecule has 0 bridgehead atoms. The highest BCUT2D eigenvalue weighted by atomic mass is 79.9. The van der Waals surface area contributed by atoms with Crippen LogP contribution < -0.4 is 9.47 Å². The van der Waals surface area contributed by atoms with Gasteiger partial charge in [-0.05, 0) is 49.4 Å². The maximum Gasteiger partial charge on any atom is 0.331 e. The number of hydrogen-bond donors (Lipinski definition) is 0. The lowest BCUT2D eigenvalue weighted by molar-refractivity contribution is -0.138. The van der Waals surface area contributed by atoms with E-state index in [-0.39, 0.29) is 12.4 Å². The van der Waals surface area contributed by atoms with Gasteiger partial charge in [0, 0.05) is 27.2 Å². The van der Waals surface area contributed by atoms with Crippen molar-refractivity contribution in [1.29, 1.82) is 0 Å². The van der Waals surface area contributed by atoms with Gasteiger partial charge in [-0.1, -0.05) is 15.9 Å². The molecule has 5 nitrogen and oxygen atoms in total.